The van der Waals surface area contributed by atoms with Gasteiger partial charge in [-0.05, 0) is 29.8 Å². The highest BCUT2D eigenvalue weighted by Gasteiger charge is 2.14. The van der Waals surface area contributed by atoms with Gasteiger partial charge in [-0.25, -0.2) is 0 Å². The van der Waals surface area contributed by atoms with Crippen LogP contribution in [0.5, 0.6) is 11.5 Å². The standard InChI is InChI=1S/C18H17N3O5/c22-16(5-6-17-20-18(21-26-17)14-2-1-7-23-14)19-11-12-3-4-13-15(10-12)25-9-8-24-13/h1-4,7,10H,5-6,8-9,11H2,(H,19,22). The summed E-state index contributed by atoms with van der Waals surface area (Å²) in [7, 11) is 0. The maximum absolute atomic E-state index is 12.0. The fraction of sp³-hybridized carbons (Fsp3) is 0.278. The maximum Gasteiger partial charge on any atom is 0.238 e. The van der Waals surface area contributed by atoms with E-state index in [1.165, 1.54) is 6.26 Å². The zero-order valence-electron chi connectivity index (χ0n) is 13.9. The lowest BCUT2D eigenvalue weighted by Crippen LogP contribution is -2.23. The van der Waals surface area contributed by atoms with Gasteiger partial charge in [-0.2, -0.15) is 4.98 Å². The fourth-order valence-corrected chi connectivity index (χ4v) is 2.57. The highest BCUT2D eigenvalue weighted by molar-refractivity contribution is 5.76. The Labute approximate surface area is 149 Å². The molecule has 0 bridgehead atoms. The molecule has 8 nitrogen and oxygen atoms in total. The number of aryl methyl sites for hydroxylation is 1. The third-order valence-corrected chi connectivity index (χ3v) is 3.87. The van der Waals surface area contributed by atoms with Crippen molar-refractivity contribution in [1.29, 1.82) is 0 Å². The van der Waals surface area contributed by atoms with E-state index in [1.807, 2.05) is 18.2 Å². The summed E-state index contributed by atoms with van der Waals surface area (Å²) in [6.07, 6.45) is 2.15. The van der Waals surface area contributed by atoms with Gasteiger partial charge in [0, 0.05) is 19.4 Å². The second-order valence-electron chi connectivity index (χ2n) is 5.74. The second kappa shape index (κ2) is 7.30. The molecule has 1 N–H and O–H groups in total. The Kier molecular flexibility index (Phi) is 4.55. The van der Waals surface area contributed by atoms with Crippen LogP contribution in [0.15, 0.2) is 45.5 Å². The lowest BCUT2D eigenvalue weighted by atomic mass is 10.2. The number of nitrogens with one attached hydrogen (secondary N) is 1. The van der Waals surface area contributed by atoms with Crippen molar-refractivity contribution in [1.82, 2.24) is 15.5 Å². The van der Waals surface area contributed by atoms with Crippen molar-refractivity contribution in [2.75, 3.05) is 13.2 Å². The van der Waals surface area contributed by atoms with Crippen molar-refractivity contribution in [3.8, 4) is 23.1 Å². The van der Waals surface area contributed by atoms with Crippen molar-refractivity contribution >= 4 is 5.91 Å². The SMILES string of the molecule is O=C(CCc1nc(-c2ccco2)no1)NCc1ccc2c(c1)OCCO2. The van der Waals surface area contributed by atoms with Gasteiger partial charge in [0.1, 0.15) is 13.2 Å². The summed E-state index contributed by atoms with van der Waals surface area (Å²) in [5.41, 5.74) is 0.945. The van der Waals surface area contributed by atoms with Crippen LogP contribution >= 0.6 is 0 Å². The maximum atomic E-state index is 12.0. The normalized spacial score (nSPS) is 12.8. The molecule has 1 aliphatic rings. The van der Waals surface area contributed by atoms with Crippen molar-refractivity contribution in [3.05, 3.63) is 48.0 Å². The molecule has 3 aromatic rings. The van der Waals surface area contributed by atoms with E-state index in [0.717, 1.165) is 11.3 Å². The minimum absolute atomic E-state index is 0.0994. The molecule has 26 heavy (non-hydrogen) atoms. The molecule has 0 saturated heterocycles. The summed E-state index contributed by atoms with van der Waals surface area (Å²) in [4.78, 5) is 16.2. The summed E-state index contributed by atoms with van der Waals surface area (Å²) < 4.78 is 21.3. The fourth-order valence-electron chi connectivity index (χ4n) is 2.57. The van der Waals surface area contributed by atoms with Gasteiger partial charge < -0.3 is 23.7 Å². The summed E-state index contributed by atoms with van der Waals surface area (Å²) in [5.74, 6) is 2.64. The molecule has 3 heterocycles. The molecule has 0 fully saturated rings. The average Bonchev–Trinajstić information content (AvgIpc) is 3.36. The average molecular weight is 355 g/mol. The summed E-state index contributed by atoms with van der Waals surface area (Å²) >= 11 is 0. The number of hydrogen-bond acceptors (Lipinski definition) is 7. The second-order valence-corrected chi connectivity index (χ2v) is 5.74. The highest BCUT2D eigenvalue weighted by Crippen LogP contribution is 2.30. The Hall–Kier alpha value is -3.29. The zero-order chi connectivity index (χ0) is 17.8. The third-order valence-electron chi connectivity index (χ3n) is 3.87. The van der Waals surface area contributed by atoms with Crippen LogP contribution in [-0.2, 0) is 17.8 Å². The number of amides is 1. The zero-order valence-corrected chi connectivity index (χ0v) is 13.9. The van der Waals surface area contributed by atoms with Gasteiger partial charge in [-0.15, -0.1) is 0 Å². The van der Waals surface area contributed by atoms with Gasteiger partial charge in [0.25, 0.3) is 0 Å². The van der Waals surface area contributed by atoms with Gasteiger partial charge in [0.15, 0.2) is 17.3 Å². The third kappa shape index (κ3) is 3.69. The lowest BCUT2D eigenvalue weighted by molar-refractivity contribution is -0.121. The van der Waals surface area contributed by atoms with Crippen LogP contribution < -0.4 is 14.8 Å². The van der Waals surface area contributed by atoms with Crippen molar-refractivity contribution in [2.45, 2.75) is 19.4 Å². The van der Waals surface area contributed by atoms with Crippen molar-refractivity contribution in [3.63, 3.8) is 0 Å². The lowest BCUT2D eigenvalue weighted by Gasteiger charge is -2.18. The Morgan fingerprint density at radius 1 is 1.15 bits per heavy atom. The number of nitrogens with zero attached hydrogens (tertiary/aromatic N) is 2. The first kappa shape index (κ1) is 16.2. The molecule has 0 aliphatic carbocycles. The van der Waals surface area contributed by atoms with E-state index in [-0.39, 0.29) is 12.3 Å². The minimum atomic E-state index is -0.0994. The Morgan fingerprint density at radius 2 is 2.04 bits per heavy atom. The summed E-state index contributed by atoms with van der Waals surface area (Å²) in [6, 6.07) is 9.12. The number of ether oxygens (including phenoxy) is 2. The van der Waals surface area contributed by atoms with Gasteiger partial charge >= 0.3 is 0 Å². The largest absolute Gasteiger partial charge is 0.486 e. The molecule has 8 heteroatoms. The number of hydrogen-bond donors (Lipinski definition) is 1. The van der Waals surface area contributed by atoms with Crippen LogP contribution in [0.25, 0.3) is 11.6 Å². The van der Waals surface area contributed by atoms with Crippen molar-refractivity contribution in [2.24, 2.45) is 0 Å². The molecular weight excluding hydrogens is 338 g/mol. The summed E-state index contributed by atoms with van der Waals surface area (Å²) in [6.45, 7) is 1.50. The predicted octanol–water partition coefficient (Wildman–Crippen LogP) is 2.35. The number of benzene rings is 1. The first-order chi connectivity index (χ1) is 12.8. The first-order valence-electron chi connectivity index (χ1n) is 8.29. The van der Waals surface area contributed by atoms with Crippen LogP contribution in [-0.4, -0.2) is 29.3 Å². The predicted molar refractivity (Wildman–Crippen MR) is 89.6 cm³/mol. The Bertz CT molecular complexity index is 888. The Balaban J connectivity index is 1.27. The van der Waals surface area contributed by atoms with E-state index in [0.29, 0.717) is 49.4 Å². The van der Waals surface area contributed by atoms with Gasteiger partial charge in [-0.1, -0.05) is 11.2 Å². The van der Waals surface area contributed by atoms with E-state index in [4.69, 9.17) is 18.4 Å². The molecule has 0 atom stereocenters. The van der Waals surface area contributed by atoms with E-state index < -0.39 is 0 Å². The number of furan rings is 1. The van der Waals surface area contributed by atoms with Crippen LogP contribution in [0.1, 0.15) is 17.9 Å². The molecule has 0 spiro atoms. The van der Waals surface area contributed by atoms with Crippen molar-refractivity contribution < 1.29 is 23.2 Å². The van der Waals surface area contributed by atoms with E-state index in [9.17, 15) is 4.79 Å². The molecule has 0 unspecified atom stereocenters. The molecule has 0 radical (unpaired) electrons. The molecule has 1 amide bonds. The van der Waals surface area contributed by atoms with Crippen LogP contribution in [0.2, 0.25) is 0 Å². The van der Waals surface area contributed by atoms with E-state index in [2.05, 4.69) is 15.5 Å². The van der Waals surface area contributed by atoms with Gasteiger partial charge in [0.05, 0.1) is 6.26 Å². The molecule has 1 aromatic carbocycles. The molecule has 0 saturated carbocycles. The van der Waals surface area contributed by atoms with Crippen LogP contribution in [0, 0.1) is 0 Å². The number of aromatic nitrogens is 2. The quantitative estimate of drug-likeness (QED) is 0.724. The molecule has 2 aromatic heterocycles. The molecular formula is C18H17N3O5. The smallest absolute Gasteiger partial charge is 0.238 e. The number of fused-ring (bicyclic) bond motifs is 1. The first-order valence-corrected chi connectivity index (χ1v) is 8.29. The highest BCUT2D eigenvalue weighted by atomic mass is 16.6. The Morgan fingerprint density at radius 3 is 2.88 bits per heavy atom. The molecule has 4 rings (SSSR count). The van der Waals surface area contributed by atoms with Crippen LogP contribution in [0.4, 0.5) is 0 Å². The molecule has 1 aliphatic heterocycles. The molecule has 134 valence electrons. The van der Waals surface area contributed by atoms with E-state index in [1.54, 1.807) is 12.1 Å². The number of carbonyl (C=O) groups excluding carboxylic acids is 1. The minimum Gasteiger partial charge on any atom is -0.486 e. The number of rotatable bonds is 6. The number of carbonyl (C=O) groups is 1. The van der Waals surface area contributed by atoms with Gasteiger partial charge in [0.2, 0.25) is 17.6 Å². The topological polar surface area (TPSA) is 99.6 Å². The van der Waals surface area contributed by atoms with E-state index >= 15 is 0 Å². The monoisotopic (exact) mass is 355 g/mol. The van der Waals surface area contributed by atoms with Crippen LogP contribution in [0.3, 0.4) is 0 Å². The summed E-state index contributed by atoms with van der Waals surface area (Å²) in [5, 5.41) is 6.70. The van der Waals surface area contributed by atoms with Gasteiger partial charge in [-0.3, -0.25) is 4.79 Å².